The fraction of sp³-hybridized carbons (Fsp3) is 0.115. The molecule has 0 heterocycles. The summed E-state index contributed by atoms with van der Waals surface area (Å²) in [6.45, 7) is 2.13. The van der Waals surface area contributed by atoms with Crippen molar-refractivity contribution < 1.29 is 13.2 Å². The quantitative estimate of drug-likeness (QED) is 0.349. The van der Waals surface area contributed by atoms with Crippen LogP contribution in [-0.2, 0) is 6.42 Å². The van der Waals surface area contributed by atoms with Crippen LogP contribution in [0.15, 0.2) is 66.7 Å². The lowest BCUT2D eigenvalue weighted by Gasteiger charge is -2.10. The summed E-state index contributed by atoms with van der Waals surface area (Å²) in [5.41, 5.74) is 3.16. The topological polar surface area (TPSA) is 23.8 Å². The Morgan fingerprint density at radius 1 is 0.767 bits per heavy atom. The molecule has 4 rings (SSSR count). The summed E-state index contributed by atoms with van der Waals surface area (Å²) in [7, 11) is 0. The second-order valence-corrected chi connectivity index (χ2v) is 7.24. The van der Waals surface area contributed by atoms with Gasteiger partial charge in [0.15, 0.2) is 5.82 Å². The van der Waals surface area contributed by atoms with Crippen molar-refractivity contribution >= 4 is 10.8 Å². The molecule has 1 nitrogen and oxygen atoms in total. The molecule has 0 unspecified atom stereocenters. The van der Waals surface area contributed by atoms with Crippen LogP contribution in [0, 0.1) is 28.8 Å². The lowest BCUT2D eigenvalue weighted by molar-refractivity contribution is 0.585. The van der Waals surface area contributed by atoms with Crippen molar-refractivity contribution in [3.63, 3.8) is 0 Å². The minimum absolute atomic E-state index is 0.126. The fourth-order valence-electron chi connectivity index (χ4n) is 3.68. The van der Waals surface area contributed by atoms with E-state index >= 15 is 0 Å². The van der Waals surface area contributed by atoms with Crippen LogP contribution in [-0.4, -0.2) is 0 Å². The van der Waals surface area contributed by atoms with Crippen molar-refractivity contribution in [3.8, 4) is 28.3 Å². The maximum Gasteiger partial charge on any atom is 0.151 e. The van der Waals surface area contributed by atoms with Gasteiger partial charge >= 0.3 is 0 Å². The second kappa shape index (κ2) is 8.04. The van der Waals surface area contributed by atoms with E-state index in [1.165, 1.54) is 29.8 Å². The highest BCUT2D eigenvalue weighted by Crippen LogP contribution is 2.32. The monoisotopic (exact) mass is 401 g/mol. The molecule has 0 aliphatic heterocycles. The van der Waals surface area contributed by atoms with Crippen LogP contribution in [0.4, 0.5) is 13.2 Å². The van der Waals surface area contributed by atoms with Gasteiger partial charge in [-0.1, -0.05) is 61.9 Å². The van der Waals surface area contributed by atoms with Crippen molar-refractivity contribution in [1.29, 1.82) is 5.26 Å². The zero-order valence-corrected chi connectivity index (χ0v) is 16.3. The number of hydrogen-bond donors (Lipinski definition) is 0. The Morgan fingerprint density at radius 3 is 2.13 bits per heavy atom. The van der Waals surface area contributed by atoms with Gasteiger partial charge in [-0.25, -0.2) is 13.2 Å². The van der Waals surface area contributed by atoms with Gasteiger partial charge in [0.1, 0.15) is 23.3 Å². The first kappa shape index (κ1) is 19.7. The molecule has 0 saturated carbocycles. The van der Waals surface area contributed by atoms with Gasteiger partial charge < -0.3 is 0 Å². The molecule has 0 fully saturated rings. The molecule has 4 aromatic rings. The molecule has 0 spiro atoms. The van der Waals surface area contributed by atoms with E-state index in [1.807, 2.05) is 30.3 Å². The first-order chi connectivity index (χ1) is 14.5. The molecule has 0 aliphatic carbocycles. The molecule has 0 N–H and O–H groups in total. The highest BCUT2D eigenvalue weighted by Gasteiger charge is 2.15. The Kier molecular flexibility index (Phi) is 5.29. The van der Waals surface area contributed by atoms with E-state index < -0.39 is 23.0 Å². The number of halogens is 3. The Labute approximate surface area is 173 Å². The number of benzene rings is 4. The van der Waals surface area contributed by atoms with Crippen LogP contribution >= 0.6 is 0 Å². The molecule has 0 atom stereocenters. The van der Waals surface area contributed by atoms with Gasteiger partial charge in [-0.15, -0.1) is 0 Å². The van der Waals surface area contributed by atoms with E-state index in [2.05, 4.69) is 6.92 Å². The van der Waals surface area contributed by atoms with E-state index in [1.54, 1.807) is 12.1 Å². The van der Waals surface area contributed by atoms with E-state index in [0.29, 0.717) is 11.1 Å². The zero-order valence-electron chi connectivity index (χ0n) is 16.3. The molecular formula is C26H18F3N. The predicted molar refractivity (Wildman–Crippen MR) is 113 cm³/mol. The van der Waals surface area contributed by atoms with Gasteiger partial charge in [0, 0.05) is 10.9 Å². The average Bonchev–Trinajstić information content (AvgIpc) is 2.74. The predicted octanol–water partition coefficient (Wildman–Crippen LogP) is 7.42. The van der Waals surface area contributed by atoms with Gasteiger partial charge in [-0.05, 0) is 52.3 Å². The smallest absolute Gasteiger partial charge is 0.151 e. The van der Waals surface area contributed by atoms with Crippen molar-refractivity contribution in [2.45, 2.75) is 19.8 Å². The molecule has 30 heavy (non-hydrogen) atoms. The first-order valence-electron chi connectivity index (χ1n) is 9.73. The molecule has 0 aliphatic rings. The maximum absolute atomic E-state index is 14.9. The summed E-state index contributed by atoms with van der Waals surface area (Å²) in [4.78, 5) is 0. The Bertz CT molecular complexity index is 1280. The van der Waals surface area contributed by atoms with Crippen LogP contribution in [0.1, 0.15) is 24.5 Å². The average molecular weight is 401 g/mol. The number of fused-ring (bicyclic) bond motifs is 1. The summed E-state index contributed by atoms with van der Waals surface area (Å²) in [5.74, 6) is -2.25. The van der Waals surface area contributed by atoms with E-state index in [-0.39, 0.29) is 10.8 Å². The number of nitrogens with zero attached hydrogens (tertiary/aromatic N) is 1. The molecule has 4 heteroatoms. The maximum atomic E-state index is 14.9. The third-order valence-corrected chi connectivity index (χ3v) is 5.25. The minimum atomic E-state index is -0.929. The second-order valence-electron chi connectivity index (χ2n) is 7.24. The van der Waals surface area contributed by atoms with Crippen LogP contribution in [0.5, 0.6) is 0 Å². The molecule has 0 radical (unpaired) electrons. The van der Waals surface area contributed by atoms with Crippen molar-refractivity contribution in [2.75, 3.05) is 0 Å². The number of hydrogen-bond acceptors (Lipinski definition) is 1. The van der Waals surface area contributed by atoms with Crippen LogP contribution in [0.3, 0.4) is 0 Å². The Morgan fingerprint density at radius 2 is 1.47 bits per heavy atom. The summed E-state index contributed by atoms with van der Waals surface area (Å²) >= 11 is 0. The Hall–Kier alpha value is -3.58. The van der Waals surface area contributed by atoms with Gasteiger partial charge in [0.2, 0.25) is 0 Å². The van der Waals surface area contributed by atoms with Crippen LogP contribution < -0.4 is 0 Å². The number of nitriles is 1. The van der Waals surface area contributed by atoms with Crippen molar-refractivity contribution in [2.24, 2.45) is 0 Å². The third kappa shape index (κ3) is 3.55. The molecular weight excluding hydrogens is 383 g/mol. The largest absolute Gasteiger partial charge is 0.206 e. The highest BCUT2D eigenvalue weighted by atomic mass is 19.1. The SMILES string of the molecule is CCCc1ccc(-c2ccc(-c3ccc4c(F)c(C#N)c(F)cc4c3)c(F)c2)cc1. The van der Waals surface area contributed by atoms with Crippen molar-refractivity contribution in [1.82, 2.24) is 0 Å². The van der Waals surface area contributed by atoms with Gasteiger partial charge in [0.25, 0.3) is 0 Å². The lowest BCUT2D eigenvalue weighted by Crippen LogP contribution is -1.93. The molecule has 148 valence electrons. The lowest BCUT2D eigenvalue weighted by atomic mass is 9.96. The normalized spacial score (nSPS) is 10.9. The summed E-state index contributed by atoms with van der Waals surface area (Å²) in [5, 5.41) is 9.31. The molecule has 0 bridgehead atoms. The summed E-state index contributed by atoms with van der Waals surface area (Å²) in [6, 6.07) is 20.2. The summed E-state index contributed by atoms with van der Waals surface area (Å²) in [6.07, 6.45) is 2.08. The zero-order chi connectivity index (χ0) is 21.3. The molecule has 0 aromatic heterocycles. The van der Waals surface area contributed by atoms with Gasteiger partial charge in [-0.2, -0.15) is 5.26 Å². The minimum Gasteiger partial charge on any atom is -0.206 e. The van der Waals surface area contributed by atoms with Gasteiger partial charge in [-0.3, -0.25) is 0 Å². The number of aryl methyl sites for hydroxylation is 1. The fourth-order valence-corrected chi connectivity index (χ4v) is 3.68. The Balaban J connectivity index is 1.72. The van der Waals surface area contributed by atoms with Crippen LogP contribution in [0.25, 0.3) is 33.0 Å². The van der Waals surface area contributed by atoms with E-state index in [9.17, 15) is 13.2 Å². The summed E-state index contributed by atoms with van der Waals surface area (Å²) < 4.78 is 43.2. The van der Waals surface area contributed by atoms with E-state index in [0.717, 1.165) is 30.0 Å². The molecule has 0 saturated heterocycles. The molecule has 0 amide bonds. The van der Waals surface area contributed by atoms with Crippen LogP contribution in [0.2, 0.25) is 0 Å². The standard InChI is InChI=1S/C26H18F3N/c1-2-3-16-4-6-17(7-5-16)18-8-10-21(24(27)13-18)19-9-11-22-20(12-19)14-25(28)23(15-30)26(22)29/h4-14H,2-3H2,1H3. The molecule has 4 aromatic carbocycles. The number of rotatable bonds is 4. The third-order valence-electron chi connectivity index (χ3n) is 5.25. The first-order valence-corrected chi connectivity index (χ1v) is 9.73. The van der Waals surface area contributed by atoms with Gasteiger partial charge in [0.05, 0.1) is 0 Å². The highest BCUT2D eigenvalue weighted by molar-refractivity contribution is 5.89. The van der Waals surface area contributed by atoms with E-state index in [4.69, 9.17) is 5.26 Å². The van der Waals surface area contributed by atoms with Crippen molar-refractivity contribution in [3.05, 3.63) is 95.3 Å².